The average Bonchev–Trinajstić information content (AvgIpc) is 2.54. The van der Waals surface area contributed by atoms with Gasteiger partial charge in [-0.05, 0) is 32.9 Å². The molecule has 0 aliphatic heterocycles. The predicted octanol–water partition coefficient (Wildman–Crippen LogP) is 4.22. The summed E-state index contributed by atoms with van der Waals surface area (Å²) in [7, 11) is 3.91. The second kappa shape index (κ2) is 16.5. The first-order valence-corrected chi connectivity index (χ1v) is 8.48. The van der Waals surface area contributed by atoms with Crippen LogP contribution in [-0.2, 0) is 9.47 Å². The van der Waals surface area contributed by atoms with Gasteiger partial charge in [0.2, 0.25) is 0 Å². The molecule has 0 aliphatic rings. The van der Waals surface area contributed by atoms with Crippen molar-refractivity contribution >= 4 is 0 Å². The van der Waals surface area contributed by atoms with Crippen molar-refractivity contribution in [3.8, 4) is 0 Å². The summed E-state index contributed by atoms with van der Waals surface area (Å²) < 4.78 is 10.7. The third kappa shape index (κ3) is 14.1. The Hall–Kier alpha value is -0.900. The Morgan fingerprint density at radius 3 is 2.55 bits per heavy atom. The number of methoxy groups -OCH3 is 1. The van der Waals surface area contributed by atoms with Crippen LogP contribution in [0, 0.1) is 0 Å². The summed E-state index contributed by atoms with van der Waals surface area (Å²) in [5.41, 5.74) is 1.30. The van der Waals surface area contributed by atoms with Crippen LogP contribution < -0.4 is 0 Å². The number of rotatable bonds is 15. The molecule has 0 aliphatic carbocycles. The number of nitrogens with zero attached hydrogens (tertiary/aromatic N) is 1. The van der Waals surface area contributed by atoms with E-state index in [9.17, 15) is 0 Å². The molecule has 0 rings (SSSR count). The highest BCUT2D eigenvalue weighted by Crippen LogP contribution is 2.04. The van der Waals surface area contributed by atoms with Crippen molar-refractivity contribution in [1.82, 2.24) is 4.90 Å². The van der Waals surface area contributed by atoms with Gasteiger partial charge in [-0.25, -0.2) is 0 Å². The van der Waals surface area contributed by atoms with E-state index in [-0.39, 0.29) is 0 Å². The van der Waals surface area contributed by atoms with Gasteiger partial charge in [-0.2, -0.15) is 0 Å². The fourth-order valence-electron chi connectivity index (χ4n) is 2.07. The maximum atomic E-state index is 5.66. The number of ether oxygens (including phenoxy) is 2. The lowest BCUT2D eigenvalue weighted by Gasteiger charge is -2.15. The van der Waals surface area contributed by atoms with Crippen LogP contribution in [0.4, 0.5) is 0 Å². The lowest BCUT2D eigenvalue weighted by molar-refractivity contribution is 0.153. The smallest absolute Gasteiger partial charge is 0.0653 e. The number of hydrogen-bond acceptors (Lipinski definition) is 3. The van der Waals surface area contributed by atoms with Gasteiger partial charge < -0.3 is 14.4 Å². The van der Waals surface area contributed by atoms with Crippen molar-refractivity contribution in [3.05, 3.63) is 36.5 Å². The van der Waals surface area contributed by atoms with Gasteiger partial charge in [-0.3, -0.25) is 0 Å². The molecule has 128 valence electrons. The van der Waals surface area contributed by atoms with Gasteiger partial charge in [-0.15, -0.1) is 0 Å². The first-order valence-electron chi connectivity index (χ1n) is 8.48. The zero-order valence-corrected chi connectivity index (χ0v) is 14.9. The summed E-state index contributed by atoms with van der Waals surface area (Å²) in [5, 5.41) is 0. The van der Waals surface area contributed by atoms with Crippen LogP contribution in [0.5, 0.6) is 0 Å². The van der Waals surface area contributed by atoms with Crippen molar-refractivity contribution in [3.63, 3.8) is 0 Å². The second-order valence-electron chi connectivity index (χ2n) is 5.51. The third-order valence-corrected chi connectivity index (χ3v) is 3.57. The minimum Gasteiger partial charge on any atom is -0.383 e. The minimum atomic E-state index is 0.713. The summed E-state index contributed by atoms with van der Waals surface area (Å²) in [5.74, 6) is 0. The summed E-state index contributed by atoms with van der Waals surface area (Å²) in [6.07, 6.45) is 14.0. The molecular weight excluding hydrogens is 274 g/mol. The van der Waals surface area contributed by atoms with Crippen LogP contribution in [0.25, 0.3) is 0 Å². The summed E-state index contributed by atoms with van der Waals surface area (Å²) in [4.78, 5) is 2.33. The van der Waals surface area contributed by atoms with Crippen molar-refractivity contribution in [1.29, 1.82) is 0 Å². The van der Waals surface area contributed by atoms with E-state index in [1.54, 1.807) is 13.2 Å². The first-order chi connectivity index (χ1) is 10.7. The maximum Gasteiger partial charge on any atom is 0.0653 e. The molecule has 0 spiro atoms. The zero-order chi connectivity index (χ0) is 16.5. The van der Waals surface area contributed by atoms with E-state index >= 15 is 0 Å². The Labute approximate surface area is 137 Å². The van der Waals surface area contributed by atoms with E-state index in [0.29, 0.717) is 6.61 Å². The van der Waals surface area contributed by atoms with Gasteiger partial charge in [0.25, 0.3) is 0 Å². The summed E-state index contributed by atoms with van der Waals surface area (Å²) >= 11 is 0. The normalized spacial score (nSPS) is 12.5. The Morgan fingerprint density at radius 1 is 1.09 bits per heavy atom. The van der Waals surface area contributed by atoms with E-state index in [0.717, 1.165) is 39.1 Å². The number of allylic oxidation sites excluding steroid dienone is 4. The van der Waals surface area contributed by atoms with E-state index in [4.69, 9.17) is 9.47 Å². The SMILES string of the molecule is C=C/C=C\C(=C\COCCCCCCN(C)CCOC)CC. The summed E-state index contributed by atoms with van der Waals surface area (Å²) in [6, 6.07) is 0. The van der Waals surface area contributed by atoms with E-state index in [1.807, 2.05) is 6.08 Å². The van der Waals surface area contributed by atoms with Crippen molar-refractivity contribution in [2.45, 2.75) is 39.0 Å². The van der Waals surface area contributed by atoms with Crippen LogP contribution in [0.3, 0.4) is 0 Å². The molecule has 0 unspecified atom stereocenters. The van der Waals surface area contributed by atoms with Crippen LogP contribution in [0.15, 0.2) is 36.5 Å². The van der Waals surface area contributed by atoms with Crippen molar-refractivity contribution in [2.75, 3.05) is 47.1 Å². The van der Waals surface area contributed by atoms with Crippen LogP contribution in [-0.4, -0.2) is 52.0 Å². The number of unbranched alkanes of at least 4 members (excludes halogenated alkanes) is 3. The monoisotopic (exact) mass is 309 g/mol. The highest BCUT2D eigenvalue weighted by atomic mass is 16.5. The molecule has 0 N–H and O–H groups in total. The van der Waals surface area contributed by atoms with Gasteiger partial charge in [-0.1, -0.05) is 56.2 Å². The lowest BCUT2D eigenvalue weighted by Crippen LogP contribution is -2.23. The van der Waals surface area contributed by atoms with Crippen LogP contribution in [0.1, 0.15) is 39.0 Å². The minimum absolute atomic E-state index is 0.713. The number of hydrogen-bond donors (Lipinski definition) is 0. The van der Waals surface area contributed by atoms with E-state index in [2.05, 4.69) is 37.6 Å². The predicted molar refractivity (Wildman–Crippen MR) is 96.4 cm³/mol. The standard InChI is InChI=1S/C19H35NO2/c1-5-7-12-19(6-2)13-17-22-16-11-9-8-10-14-20(3)15-18-21-4/h5,7,12-13H,1,6,8-11,14-18H2,2-4H3/b12-7-,19-13+. The third-order valence-electron chi connectivity index (χ3n) is 3.57. The first kappa shape index (κ1) is 21.1. The second-order valence-corrected chi connectivity index (χ2v) is 5.51. The molecule has 3 nitrogen and oxygen atoms in total. The average molecular weight is 309 g/mol. The molecule has 0 atom stereocenters. The molecule has 0 heterocycles. The molecule has 0 bridgehead atoms. The Bertz CT molecular complexity index is 311. The molecule has 0 saturated carbocycles. The van der Waals surface area contributed by atoms with Crippen molar-refractivity contribution in [2.24, 2.45) is 0 Å². The molecule has 0 fully saturated rings. The van der Waals surface area contributed by atoms with E-state index < -0.39 is 0 Å². The van der Waals surface area contributed by atoms with Crippen LogP contribution in [0.2, 0.25) is 0 Å². The Balaban J connectivity index is 3.44. The lowest BCUT2D eigenvalue weighted by atomic mass is 10.2. The molecule has 0 aromatic carbocycles. The quantitative estimate of drug-likeness (QED) is 0.334. The molecule has 3 heteroatoms. The highest BCUT2D eigenvalue weighted by molar-refractivity contribution is 5.21. The van der Waals surface area contributed by atoms with E-state index in [1.165, 1.54) is 24.8 Å². The topological polar surface area (TPSA) is 21.7 Å². The molecule has 22 heavy (non-hydrogen) atoms. The van der Waals surface area contributed by atoms with Gasteiger partial charge in [0.1, 0.15) is 0 Å². The zero-order valence-electron chi connectivity index (χ0n) is 14.9. The van der Waals surface area contributed by atoms with Crippen LogP contribution >= 0.6 is 0 Å². The molecule has 0 saturated heterocycles. The van der Waals surface area contributed by atoms with Gasteiger partial charge in [0, 0.05) is 20.3 Å². The molecule has 0 aromatic heterocycles. The van der Waals surface area contributed by atoms with Gasteiger partial charge >= 0.3 is 0 Å². The largest absolute Gasteiger partial charge is 0.383 e. The molecule has 0 radical (unpaired) electrons. The molecular formula is C19H35NO2. The van der Waals surface area contributed by atoms with Gasteiger partial charge in [0.15, 0.2) is 0 Å². The molecule has 0 amide bonds. The molecule has 0 aromatic rings. The Morgan fingerprint density at radius 2 is 1.86 bits per heavy atom. The maximum absolute atomic E-state index is 5.66. The number of likely N-dealkylation sites (N-methyl/N-ethyl adjacent to an activating group) is 1. The summed E-state index contributed by atoms with van der Waals surface area (Å²) in [6.45, 7) is 10.4. The van der Waals surface area contributed by atoms with Crippen molar-refractivity contribution < 1.29 is 9.47 Å². The fourth-order valence-corrected chi connectivity index (χ4v) is 2.07. The van der Waals surface area contributed by atoms with Gasteiger partial charge in [0.05, 0.1) is 13.2 Å². The Kier molecular flexibility index (Phi) is 15.8. The fraction of sp³-hybridized carbons (Fsp3) is 0.684. The highest BCUT2D eigenvalue weighted by Gasteiger charge is 1.97.